The van der Waals surface area contributed by atoms with Gasteiger partial charge in [0.1, 0.15) is 6.54 Å². The second-order valence-corrected chi connectivity index (χ2v) is 5.71. The van der Waals surface area contributed by atoms with Crippen LogP contribution in [0.4, 0.5) is 11.4 Å². The van der Waals surface area contributed by atoms with Crippen LogP contribution >= 0.6 is 0 Å². The summed E-state index contributed by atoms with van der Waals surface area (Å²) < 4.78 is 5.94. The van der Waals surface area contributed by atoms with Crippen molar-refractivity contribution in [2.75, 3.05) is 11.9 Å². The molecule has 0 saturated carbocycles. The van der Waals surface area contributed by atoms with Crippen molar-refractivity contribution in [1.82, 2.24) is 9.55 Å². The number of benzene rings is 2. The van der Waals surface area contributed by atoms with Crippen LogP contribution < -0.4 is 10.9 Å². The van der Waals surface area contributed by atoms with Gasteiger partial charge in [0.05, 0.1) is 22.2 Å². The Labute approximate surface area is 157 Å². The summed E-state index contributed by atoms with van der Waals surface area (Å²) in [6.45, 7) is -1.00. The third-order valence-corrected chi connectivity index (χ3v) is 3.74. The highest BCUT2D eigenvalue weighted by Crippen LogP contribution is 2.16. The lowest BCUT2D eigenvalue weighted by molar-refractivity contribution is -0.384. The number of anilines is 1. The number of ether oxygens (including phenoxy) is 1. The lowest BCUT2D eigenvalue weighted by Gasteiger charge is -2.08. The smallest absolute Gasteiger partial charge is 0.326 e. The van der Waals surface area contributed by atoms with E-state index in [9.17, 15) is 24.5 Å². The summed E-state index contributed by atoms with van der Waals surface area (Å²) in [5.41, 5.74) is 0.125. The number of non-ortho nitro benzene ring substituents is 1. The fourth-order valence-electron chi connectivity index (χ4n) is 2.44. The van der Waals surface area contributed by atoms with Crippen molar-refractivity contribution in [3.63, 3.8) is 0 Å². The van der Waals surface area contributed by atoms with Gasteiger partial charge in [0.25, 0.3) is 17.2 Å². The molecule has 3 aromatic rings. The lowest BCUT2D eigenvalue weighted by Crippen LogP contribution is -2.28. The first kappa shape index (κ1) is 18.7. The number of nitro groups is 1. The number of amides is 1. The molecule has 0 atom stereocenters. The second-order valence-electron chi connectivity index (χ2n) is 5.71. The standard InChI is InChI=1S/C18H14N4O6/c23-16(20-12-4-3-5-13(8-12)22(26)27)10-28-17(24)9-21-11-19-15-7-2-1-6-14(15)18(21)25/h1-8,11H,9-10H2,(H,20,23). The number of nitrogens with one attached hydrogen (secondary N) is 1. The van der Waals surface area contributed by atoms with Crippen LogP contribution in [0.5, 0.6) is 0 Å². The number of carbonyl (C=O) groups excluding carboxylic acids is 2. The average Bonchev–Trinajstić information content (AvgIpc) is 2.69. The molecule has 1 amide bonds. The quantitative estimate of drug-likeness (QED) is 0.388. The summed E-state index contributed by atoms with van der Waals surface area (Å²) in [7, 11) is 0. The number of hydrogen-bond donors (Lipinski definition) is 1. The SMILES string of the molecule is O=C(COC(=O)Cn1cnc2ccccc2c1=O)Nc1cccc([N+](=O)[O-])c1. The molecule has 28 heavy (non-hydrogen) atoms. The first-order valence-electron chi connectivity index (χ1n) is 8.08. The van der Waals surface area contributed by atoms with Crippen molar-refractivity contribution < 1.29 is 19.2 Å². The molecule has 0 aliphatic carbocycles. The van der Waals surface area contributed by atoms with Gasteiger partial charge in [-0.25, -0.2) is 4.98 Å². The molecule has 0 aliphatic heterocycles. The number of carbonyl (C=O) groups is 2. The van der Waals surface area contributed by atoms with Gasteiger partial charge in [-0.05, 0) is 18.2 Å². The summed E-state index contributed by atoms with van der Waals surface area (Å²) in [6, 6.07) is 12.0. The molecule has 1 heterocycles. The number of esters is 1. The Morgan fingerprint density at radius 3 is 2.75 bits per heavy atom. The average molecular weight is 382 g/mol. The third-order valence-electron chi connectivity index (χ3n) is 3.74. The highest BCUT2D eigenvalue weighted by Gasteiger charge is 2.12. The van der Waals surface area contributed by atoms with Crippen molar-refractivity contribution in [3.8, 4) is 0 Å². The van der Waals surface area contributed by atoms with Gasteiger partial charge in [-0.2, -0.15) is 0 Å². The van der Waals surface area contributed by atoms with E-state index in [2.05, 4.69) is 10.3 Å². The Bertz CT molecular complexity index is 1120. The first-order chi connectivity index (χ1) is 13.4. The van der Waals surface area contributed by atoms with Gasteiger partial charge in [0, 0.05) is 17.8 Å². The monoisotopic (exact) mass is 382 g/mol. The third kappa shape index (κ3) is 4.36. The Morgan fingerprint density at radius 1 is 1.18 bits per heavy atom. The lowest BCUT2D eigenvalue weighted by atomic mass is 10.2. The van der Waals surface area contributed by atoms with Crippen LogP contribution in [0.3, 0.4) is 0 Å². The van der Waals surface area contributed by atoms with E-state index in [1.807, 2.05) is 0 Å². The Balaban J connectivity index is 1.58. The largest absolute Gasteiger partial charge is 0.454 e. The molecule has 0 spiro atoms. The van der Waals surface area contributed by atoms with Gasteiger partial charge in [-0.3, -0.25) is 29.1 Å². The molecule has 142 valence electrons. The molecule has 0 saturated heterocycles. The summed E-state index contributed by atoms with van der Waals surface area (Å²) in [5, 5.41) is 13.5. The molecule has 0 bridgehead atoms. The van der Waals surface area contributed by atoms with Crippen molar-refractivity contribution in [2.45, 2.75) is 6.54 Å². The van der Waals surface area contributed by atoms with E-state index in [1.165, 1.54) is 30.6 Å². The summed E-state index contributed by atoms with van der Waals surface area (Å²) in [6.07, 6.45) is 1.23. The van der Waals surface area contributed by atoms with E-state index in [4.69, 9.17) is 4.74 Å². The van der Waals surface area contributed by atoms with Crippen molar-refractivity contribution in [3.05, 3.63) is 75.3 Å². The zero-order chi connectivity index (χ0) is 20.1. The zero-order valence-electron chi connectivity index (χ0n) is 14.4. The zero-order valence-corrected chi connectivity index (χ0v) is 14.4. The maximum absolute atomic E-state index is 12.3. The Morgan fingerprint density at radius 2 is 1.96 bits per heavy atom. The molecular formula is C18H14N4O6. The van der Waals surface area contributed by atoms with E-state index < -0.39 is 35.5 Å². The number of para-hydroxylation sites is 1. The molecule has 2 aromatic carbocycles. The maximum Gasteiger partial charge on any atom is 0.326 e. The maximum atomic E-state index is 12.3. The van der Waals surface area contributed by atoms with Gasteiger partial charge in [0.2, 0.25) is 0 Å². The van der Waals surface area contributed by atoms with Crippen molar-refractivity contribution in [2.24, 2.45) is 0 Å². The summed E-state index contributed by atoms with van der Waals surface area (Å²) in [4.78, 5) is 50.3. The Kier molecular flexibility index (Phi) is 5.40. The number of aromatic nitrogens is 2. The number of nitrogens with zero attached hydrogens (tertiary/aromatic N) is 3. The van der Waals surface area contributed by atoms with Crippen molar-refractivity contribution >= 4 is 34.2 Å². The number of fused-ring (bicyclic) bond motifs is 1. The fraction of sp³-hybridized carbons (Fsp3) is 0.111. The molecule has 0 fully saturated rings. The number of nitro benzene ring substituents is 1. The molecule has 3 rings (SSSR count). The predicted octanol–water partition coefficient (Wildman–Crippen LogP) is 1.49. The minimum absolute atomic E-state index is 0.182. The summed E-state index contributed by atoms with van der Waals surface area (Å²) in [5.74, 6) is -1.47. The van der Waals surface area contributed by atoms with Crippen LogP contribution in [0, 0.1) is 10.1 Å². The van der Waals surface area contributed by atoms with Crippen LogP contribution in [0.25, 0.3) is 10.9 Å². The van der Waals surface area contributed by atoms with Crippen LogP contribution in [-0.2, 0) is 20.9 Å². The molecule has 1 aromatic heterocycles. The van der Waals surface area contributed by atoms with Gasteiger partial charge >= 0.3 is 5.97 Å². The van der Waals surface area contributed by atoms with E-state index in [0.717, 1.165) is 4.57 Å². The molecule has 0 unspecified atom stereocenters. The first-order valence-corrected chi connectivity index (χ1v) is 8.08. The van der Waals surface area contributed by atoms with Gasteiger partial charge in [-0.15, -0.1) is 0 Å². The highest BCUT2D eigenvalue weighted by molar-refractivity contribution is 5.93. The van der Waals surface area contributed by atoms with Crippen LogP contribution in [0.1, 0.15) is 0 Å². The predicted molar refractivity (Wildman–Crippen MR) is 98.7 cm³/mol. The minimum Gasteiger partial charge on any atom is -0.454 e. The molecule has 1 N–H and O–H groups in total. The minimum atomic E-state index is -0.798. The molecule has 0 radical (unpaired) electrons. The number of hydrogen-bond acceptors (Lipinski definition) is 7. The van der Waals surface area contributed by atoms with Crippen LogP contribution in [-0.4, -0.2) is 33.0 Å². The van der Waals surface area contributed by atoms with Crippen LogP contribution in [0.15, 0.2) is 59.7 Å². The fourth-order valence-corrected chi connectivity index (χ4v) is 2.44. The van der Waals surface area contributed by atoms with E-state index >= 15 is 0 Å². The molecule has 10 nitrogen and oxygen atoms in total. The molecular weight excluding hydrogens is 368 g/mol. The topological polar surface area (TPSA) is 133 Å². The Hall–Kier alpha value is -4.08. The van der Waals surface area contributed by atoms with Crippen LogP contribution in [0.2, 0.25) is 0 Å². The number of rotatable bonds is 6. The van der Waals surface area contributed by atoms with Gasteiger partial charge < -0.3 is 10.1 Å². The summed E-state index contributed by atoms with van der Waals surface area (Å²) >= 11 is 0. The molecule has 0 aliphatic rings. The van der Waals surface area contributed by atoms with E-state index in [-0.39, 0.29) is 11.4 Å². The second kappa shape index (κ2) is 8.08. The van der Waals surface area contributed by atoms with Crippen molar-refractivity contribution in [1.29, 1.82) is 0 Å². The van der Waals surface area contributed by atoms with Gasteiger partial charge in [0.15, 0.2) is 6.61 Å². The van der Waals surface area contributed by atoms with E-state index in [0.29, 0.717) is 10.9 Å². The highest BCUT2D eigenvalue weighted by atomic mass is 16.6. The van der Waals surface area contributed by atoms with Gasteiger partial charge in [-0.1, -0.05) is 18.2 Å². The van der Waals surface area contributed by atoms with E-state index in [1.54, 1.807) is 24.3 Å². The normalized spacial score (nSPS) is 10.4. The molecule has 10 heteroatoms.